The van der Waals surface area contributed by atoms with Crippen LogP contribution in [0.4, 0.5) is 0 Å². The molecular formula is C22H24N4O4. The number of hydrogen-bond donors (Lipinski definition) is 2. The topological polar surface area (TPSA) is 97.8 Å². The van der Waals surface area contributed by atoms with Crippen LogP contribution in [0, 0.1) is 0 Å². The highest BCUT2D eigenvalue weighted by Gasteiger charge is 2.12. The molecule has 0 spiro atoms. The molecule has 0 aliphatic rings. The Morgan fingerprint density at radius 1 is 1.07 bits per heavy atom. The molecule has 0 aliphatic heterocycles. The van der Waals surface area contributed by atoms with E-state index in [1.54, 1.807) is 39.3 Å². The highest BCUT2D eigenvalue weighted by Crippen LogP contribution is 2.27. The summed E-state index contributed by atoms with van der Waals surface area (Å²) < 4.78 is 16.0. The van der Waals surface area contributed by atoms with Gasteiger partial charge in [-0.1, -0.05) is 0 Å². The van der Waals surface area contributed by atoms with Crippen molar-refractivity contribution < 1.29 is 19.0 Å². The third-order valence-corrected chi connectivity index (χ3v) is 4.41. The number of methoxy groups -OCH3 is 2. The molecule has 3 aromatic rings. The van der Waals surface area contributed by atoms with E-state index in [-0.39, 0.29) is 5.91 Å². The van der Waals surface area contributed by atoms with E-state index in [0.29, 0.717) is 35.2 Å². The highest BCUT2D eigenvalue weighted by atomic mass is 16.5. The summed E-state index contributed by atoms with van der Waals surface area (Å²) in [6, 6.07) is 14.6. The Kier molecular flexibility index (Phi) is 6.69. The van der Waals surface area contributed by atoms with Gasteiger partial charge in [0.05, 0.1) is 32.2 Å². The number of hydrogen-bond acceptors (Lipinski definition) is 6. The lowest BCUT2D eigenvalue weighted by molar-refractivity contribution is 0.0950. The van der Waals surface area contributed by atoms with E-state index in [0.717, 1.165) is 16.9 Å². The predicted molar refractivity (Wildman–Crippen MR) is 114 cm³/mol. The Hall–Kier alpha value is -3.81. The maximum absolute atomic E-state index is 12.4. The van der Waals surface area contributed by atoms with Crippen molar-refractivity contribution in [2.24, 2.45) is 5.10 Å². The van der Waals surface area contributed by atoms with Gasteiger partial charge in [0.15, 0.2) is 11.5 Å². The molecule has 2 N–H and O–H groups in total. The zero-order valence-electron chi connectivity index (χ0n) is 17.4. The largest absolute Gasteiger partial charge is 0.494 e. The van der Waals surface area contributed by atoms with Crippen molar-refractivity contribution in [2.75, 3.05) is 20.8 Å². The van der Waals surface area contributed by atoms with Crippen LogP contribution in [0.5, 0.6) is 17.2 Å². The smallest absolute Gasteiger partial charge is 0.289 e. The zero-order chi connectivity index (χ0) is 21.5. The van der Waals surface area contributed by atoms with E-state index < -0.39 is 0 Å². The number of nitrogens with zero attached hydrogens (tertiary/aromatic N) is 2. The van der Waals surface area contributed by atoms with Gasteiger partial charge in [-0.15, -0.1) is 0 Å². The first-order valence-corrected chi connectivity index (χ1v) is 9.41. The van der Waals surface area contributed by atoms with Crippen LogP contribution in [0.1, 0.15) is 29.9 Å². The Morgan fingerprint density at radius 3 is 2.47 bits per heavy atom. The quantitative estimate of drug-likeness (QED) is 0.438. The summed E-state index contributed by atoms with van der Waals surface area (Å²) in [4.78, 5) is 12.4. The van der Waals surface area contributed by atoms with Gasteiger partial charge >= 0.3 is 0 Å². The van der Waals surface area contributed by atoms with Crippen molar-refractivity contribution in [3.05, 3.63) is 59.8 Å². The number of carbonyl (C=O) groups excluding carboxylic acids is 1. The van der Waals surface area contributed by atoms with Crippen LogP contribution in [0.3, 0.4) is 0 Å². The predicted octanol–water partition coefficient (Wildman–Crippen LogP) is 3.65. The number of H-pyrrole nitrogens is 1. The highest BCUT2D eigenvalue weighted by molar-refractivity contribution is 6.01. The number of aromatic amines is 1. The molecule has 0 bridgehead atoms. The number of carbonyl (C=O) groups is 1. The normalized spacial score (nSPS) is 11.1. The summed E-state index contributed by atoms with van der Waals surface area (Å²) in [5.41, 5.74) is 5.80. The number of rotatable bonds is 8. The third-order valence-electron chi connectivity index (χ3n) is 4.41. The standard InChI is InChI=1S/C22H24N4O4/c1-5-30-17-9-6-15(7-10-17)18-13-19(25-24-18)22(27)26-23-14(2)16-8-11-20(28-3)21(12-16)29-4/h6-13H,5H2,1-4H3,(H,24,25)(H,26,27)/b23-14+. The first kappa shape index (κ1) is 20.9. The van der Waals surface area contributed by atoms with Gasteiger partial charge in [-0.3, -0.25) is 9.89 Å². The molecular weight excluding hydrogens is 384 g/mol. The van der Waals surface area contributed by atoms with Crippen molar-refractivity contribution in [3.8, 4) is 28.5 Å². The van der Waals surface area contributed by atoms with Gasteiger partial charge in [0.2, 0.25) is 0 Å². The lowest BCUT2D eigenvalue weighted by Gasteiger charge is -2.09. The van der Waals surface area contributed by atoms with Gasteiger partial charge < -0.3 is 14.2 Å². The maximum Gasteiger partial charge on any atom is 0.289 e. The zero-order valence-corrected chi connectivity index (χ0v) is 17.4. The molecule has 0 radical (unpaired) electrons. The minimum absolute atomic E-state index is 0.308. The van der Waals surface area contributed by atoms with Gasteiger partial charge in [0.25, 0.3) is 5.91 Å². The van der Waals surface area contributed by atoms with Crippen LogP contribution in [0.15, 0.2) is 53.6 Å². The van der Waals surface area contributed by atoms with Gasteiger partial charge in [-0.25, -0.2) is 5.43 Å². The van der Waals surface area contributed by atoms with Crippen LogP contribution in [-0.2, 0) is 0 Å². The van der Waals surface area contributed by atoms with Crippen LogP contribution >= 0.6 is 0 Å². The molecule has 1 amide bonds. The Bertz CT molecular complexity index is 1040. The summed E-state index contributed by atoms with van der Waals surface area (Å²) in [6.45, 7) is 4.33. The molecule has 8 heteroatoms. The molecule has 1 heterocycles. The molecule has 0 saturated carbocycles. The molecule has 0 aliphatic carbocycles. The van der Waals surface area contributed by atoms with Crippen LogP contribution in [-0.4, -0.2) is 42.6 Å². The minimum Gasteiger partial charge on any atom is -0.494 e. The van der Waals surface area contributed by atoms with Gasteiger partial charge in [-0.05, 0) is 62.4 Å². The summed E-state index contributed by atoms with van der Waals surface area (Å²) in [5.74, 6) is 1.61. The fourth-order valence-electron chi connectivity index (χ4n) is 2.80. The summed E-state index contributed by atoms with van der Waals surface area (Å²) >= 11 is 0. The molecule has 156 valence electrons. The van der Waals surface area contributed by atoms with Gasteiger partial charge in [0.1, 0.15) is 11.4 Å². The minimum atomic E-state index is -0.389. The Labute approximate surface area is 174 Å². The number of ether oxygens (including phenoxy) is 3. The van der Waals surface area contributed by atoms with Crippen molar-refractivity contribution in [1.82, 2.24) is 15.6 Å². The van der Waals surface area contributed by atoms with E-state index in [2.05, 4.69) is 20.7 Å². The molecule has 0 fully saturated rings. The van der Waals surface area contributed by atoms with Crippen molar-refractivity contribution in [1.29, 1.82) is 0 Å². The molecule has 0 atom stereocenters. The first-order chi connectivity index (χ1) is 14.5. The van der Waals surface area contributed by atoms with Crippen molar-refractivity contribution in [2.45, 2.75) is 13.8 Å². The molecule has 8 nitrogen and oxygen atoms in total. The molecule has 30 heavy (non-hydrogen) atoms. The molecule has 3 rings (SSSR count). The van der Waals surface area contributed by atoms with Crippen LogP contribution in [0.2, 0.25) is 0 Å². The number of nitrogens with one attached hydrogen (secondary N) is 2. The summed E-state index contributed by atoms with van der Waals surface area (Å²) in [7, 11) is 3.14. The fourth-order valence-corrected chi connectivity index (χ4v) is 2.80. The second kappa shape index (κ2) is 9.60. The molecule has 0 unspecified atom stereocenters. The van der Waals surface area contributed by atoms with Crippen LogP contribution in [0.25, 0.3) is 11.3 Å². The van der Waals surface area contributed by atoms with E-state index in [4.69, 9.17) is 14.2 Å². The third kappa shape index (κ3) is 4.78. The average molecular weight is 408 g/mol. The van der Waals surface area contributed by atoms with E-state index >= 15 is 0 Å². The number of hydrazone groups is 1. The lowest BCUT2D eigenvalue weighted by atomic mass is 10.1. The number of aromatic nitrogens is 2. The Morgan fingerprint density at radius 2 is 1.80 bits per heavy atom. The lowest BCUT2D eigenvalue weighted by Crippen LogP contribution is -2.19. The Balaban J connectivity index is 1.69. The molecule has 1 aromatic heterocycles. The maximum atomic E-state index is 12.4. The molecule has 2 aromatic carbocycles. The van der Waals surface area contributed by atoms with Crippen molar-refractivity contribution >= 4 is 11.6 Å². The van der Waals surface area contributed by atoms with Crippen LogP contribution < -0.4 is 19.6 Å². The fraction of sp³-hybridized carbons (Fsp3) is 0.227. The van der Waals surface area contributed by atoms with E-state index in [9.17, 15) is 4.79 Å². The SMILES string of the molecule is CCOc1ccc(-c2cc(C(=O)N/N=C(\C)c3ccc(OC)c(OC)c3)[nH]n2)cc1. The number of benzene rings is 2. The molecule has 0 saturated heterocycles. The second-order valence-electron chi connectivity index (χ2n) is 6.33. The first-order valence-electron chi connectivity index (χ1n) is 9.41. The van der Waals surface area contributed by atoms with E-state index in [1.807, 2.05) is 37.3 Å². The summed E-state index contributed by atoms with van der Waals surface area (Å²) in [5, 5.41) is 11.1. The average Bonchev–Trinajstić information content (AvgIpc) is 3.28. The van der Waals surface area contributed by atoms with Gasteiger partial charge in [-0.2, -0.15) is 10.2 Å². The van der Waals surface area contributed by atoms with Crippen molar-refractivity contribution in [3.63, 3.8) is 0 Å². The van der Waals surface area contributed by atoms with Gasteiger partial charge in [0, 0.05) is 11.1 Å². The monoisotopic (exact) mass is 408 g/mol. The van der Waals surface area contributed by atoms with E-state index in [1.165, 1.54) is 0 Å². The number of amides is 1. The summed E-state index contributed by atoms with van der Waals surface area (Å²) in [6.07, 6.45) is 0. The second-order valence-corrected chi connectivity index (χ2v) is 6.33.